The fraction of sp³-hybridized carbons (Fsp3) is 0.316. The highest BCUT2D eigenvalue weighted by Crippen LogP contribution is 2.21. The molecule has 0 radical (unpaired) electrons. The number of nitrogens with zero attached hydrogens (tertiary/aromatic N) is 2. The van der Waals surface area contributed by atoms with Crippen molar-refractivity contribution >= 4 is 38.3 Å². The largest absolute Gasteiger partial charge is 0.347 e. The maximum Gasteiger partial charge on any atom is 0.253 e. The monoisotopic (exact) mass is 433 g/mol. The highest BCUT2D eigenvalue weighted by molar-refractivity contribution is 7.92. The van der Waals surface area contributed by atoms with Crippen molar-refractivity contribution in [2.24, 2.45) is 0 Å². The fourth-order valence-corrected chi connectivity index (χ4v) is 5.05. The highest BCUT2D eigenvalue weighted by Gasteiger charge is 2.31. The van der Waals surface area contributed by atoms with Gasteiger partial charge in [0.1, 0.15) is 5.37 Å². The molecule has 0 saturated carbocycles. The van der Waals surface area contributed by atoms with Crippen molar-refractivity contribution in [1.29, 1.82) is 0 Å². The maximum absolute atomic E-state index is 12.5. The molecule has 3 N–H and O–H groups in total. The number of H-pyrrole nitrogens is 1. The summed E-state index contributed by atoms with van der Waals surface area (Å²) in [5.74, 6) is 0.468. The maximum atomic E-state index is 12.5. The lowest BCUT2D eigenvalue weighted by molar-refractivity contribution is 0.578. The summed E-state index contributed by atoms with van der Waals surface area (Å²) in [5, 5.41) is 6.89. The zero-order valence-electron chi connectivity index (χ0n) is 15.6. The Hall–Kier alpha value is -2.49. The molecular weight excluding hydrogens is 414 g/mol. The zero-order valence-corrected chi connectivity index (χ0v) is 17.2. The lowest BCUT2D eigenvalue weighted by Crippen LogP contribution is -2.30. The number of fused-ring (bicyclic) bond motifs is 1. The number of aromatic amines is 1. The van der Waals surface area contributed by atoms with Crippen LogP contribution in [0.25, 0.3) is 10.9 Å². The molecule has 1 saturated heterocycles. The molecule has 152 valence electrons. The summed E-state index contributed by atoms with van der Waals surface area (Å²) in [4.78, 5) is 23.9. The molecule has 1 aliphatic heterocycles. The number of anilines is 1. The summed E-state index contributed by atoms with van der Waals surface area (Å²) in [5.41, 5.74) is 1.63. The van der Waals surface area contributed by atoms with Gasteiger partial charge < -0.3 is 10.3 Å². The van der Waals surface area contributed by atoms with Crippen LogP contribution in [-0.2, 0) is 16.3 Å². The van der Waals surface area contributed by atoms with E-state index in [1.165, 1.54) is 0 Å². The summed E-state index contributed by atoms with van der Waals surface area (Å²) in [6, 6.07) is 8.38. The van der Waals surface area contributed by atoms with Gasteiger partial charge in [-0.2, -0.15) is 0 Å². The van der Waals surface area contributed by atoms with Gasteiger partial charge in [0.25, 0.3) is 5.56 Å². The van der Waals surface area contributed by atoms with E-state index in [1.807, 2.05) is 6.92 Å². The Bertz CT molecular complexity index is 1230. The van der Waals surface area contributed by atoms with Crippen LogP contribution < -0.4 is 16.2 Å². The van der Waals surface area contributed by atoms with Gasteiger partial charge in [-0.05, 0) is 37.3 Å². The Kier molecular flexibility index (Phi) is 5.28. The Labute approximate surface area is 172 Å². The van der Waals surface area contributed by atoms with Crippen molar-refractivity contribution in [1.82, 2.24) is 20.3 Å². The second-order valence-corrected chi connectivity index (χ2v) is 9.78. The molecule has 8 nitrogen and oxygen atoms in total. The second-order valence-electron chi connectivity index (χ2n) is 7.04. The van der Waals surface area contributed by atoms with E-state index in [0.717, 1.165) is 5.39 Å². The summed E-state index contributed by atoms with van der Waals surface area (Å²) in [6.45, 7) is 2.29. The molecule has 1 fully saturated rings. The van der Waals surface area contributed by atoms with Crippen molar-refractivity contribution in [3.8, 4) is 0 Å². The predicted octanol–water partition coefficient (Wildman–Crippen LogP) is 2.03. The molecule has 0 spiro atoms. The number of sulfone groups is 1. The Balaban J connectivity index is 1.56. The smallest absolute Gasteiger partial charge is 0.253 e. The second kappa shape index (κ2) is 7.74. The van der Waals surface area contributed by atoms with Crippen LogP contribution in [0.5, 0.6) is 0 Å². The Morgan fingerprint density at radius 3 is 2.90 bits per heavy atom. The van der Waals surface area contributed by atoms with E-state index in [4.69, 9.17) is 11.6 Å². The van der Waals surface area contributed by atoms with Gasteiger partial charge in [0.2, 0.25) is 5.95 Å². The number of nitrogens with one attached hydrogen (secondary N) is 3. The van der Waals surface area contributed by atoms with E-state index in [-0.39, 0.29) is 23.8 Å². The van der Waals surface area contributed by atoms with Gasteiger partial charge >= 0.3 is 0 Å². The van der Waals surface area contributed by atoms with Crippen LogP contribution in [0.3, 0.4) is 0 Å². The highest BCUT2D eigenvalue weighted by atomic mass is 35.5. The van der Waals surface area contributed by atoms with Gasteiger partial charge in [0, 0.05) is 46.3 Å². The third kappa shape index (κ3) is 4.26. The van der Waals surface area contributed by atoms with E-state index in [0.29, 0.717) is 34.3 Å². The minimum Gasteiger partial charge on any atom is -0.347 e. The van der Waals surface area contributed by atoms with E-state index in [2.05, 4.69) is 25.6 Å². The van der Waals surface area contributed by atoms with Crippen LogP contribution in [0.2, 0.25) is 5.02 Å². The third-order valence-electron chi connectivity index (χ3n) is 4.95. The minimum atomic E-state index is -3.14. The molecule has 2 atom stereocenters. The van der Waals surface area contributed by atoms with Crippen LogP contribution >= 0.6 is 11.6 Å². The molecule has 0 amide bonds. The fourth-order valence-electron chi connectivity index (χ4n) is 3.39. The number of pyridine rings is 1. The van der Waals surface area contributed by atoms with Crippen molar-refractivity contribution in [2.45, 2.75) is 24.8 Å². The molecule has 0 aliphatic carbocycles. The van der Waals surface area contributed by atoms with Crippen molar-refractivity contribution in [3.05, 3.63) is 63.2 Å². The standard InChI is InChI=1S/C19H20ClN5O3S/c1-11(15-9-12-8-13(20)2-3-16(12)25-18(15)26)23-19-22-5-4-14(24-19)10-17-21-6-7-29(17,27)28/h2-5,8-9,11,17,21H,6-7,10H2,1H3,(H,25,26)(H,22,23,24)/t11-,17?/m0/s1. The summed E-state index contributed by atoms with van der Waals surface area (Å²) >= 11 is 6.05. The first-order valence-corrected chi connectivity index (χ1v) is 11.3. The van der Waals surface area contributed by atoms with Crippen LogP contribution in [0.15, 0.2) is 41.3 Å². The molecular formula is C19H20ClN5O3S. The summed E-state index contributed by atoms with van der Waals surface area (Å²) in [7, 11) is -3.14. The van der Waals surface area contributed by atoms with E-state index in [1.54, 1.807) is 36.5 Å². The molecule has 1 aromatic carbocycles. The SMILES string of the molecule is C[C@H](Nc1nccc(CC2NCCS2(=O)=O)n1)c1cc2cc(Cl)ccc2[nH]c1=O. The van der Waals surface area contributed by atoms with Crippen molar-refractivity contribution in [2.75, 3.05) is 17.6 Å². The lowest BCUT2D eigenvalue weighted by atomic mass is 10.1. The topological polar surface area (TPSA) is 117 Å². The molecule has 10 heteroatoms. The molecule has 3 aromatic rings. The van der Waals surface area contributed by atoms with Crippen LogP contribution in [-0.4, -0.2) is 41.0 Å². The van der Waals surface area contributed by atoms with Gasteiger partial charge in [-0.1, -0.05) is 11.6 Å². The molecule has 4 rings (SSSR count). The summed E-state index contributed by atoms with van der Waals surface area (Å²) in [6.07, 6.45) is 1.84. The molecule has 2 aromatic heterocycles. The van der Waals surface area contributed by atoms with E-state index in [9.17, 15) is 13.2 Å². The zero-order chi connectivity index (χ0) is 20.6. The Morgan fingerprint density at radius 1 is 1.31 bits per heavy atom. The van der Waals surface area contributed by atoms with Crippen LogP contribution in [0.1, 0.15) is 24.2 Å². The third-order valence-corrected chi connectivity index (χ3v) is 7.16. The van der Waals surface area contributed by atoms with Gasteiger partial charge in [0.05, 0.1) is 11.8 Å². The number of benzene rings is 1. The van der Waals surface area contributed by atoms with E-state index < -0.39 is 15.2 Å². The van der Waals surface area contributed by atoms with E-state index >= 15 is 0 Å². The number of rotatable bonds is 5. The molecule has 29 heavy (non-hydrogen) atoms. The Morgan fingerprint density at radius 2 is 2.14 bits per heavy atom. The number of hydrogen-bond acceptors (Lipinski definition) is 7. The molecule has 1 unspecified atom stereocenters. The number of hydrogen-bond donors (Lipinski definition) is 3. The average Bonchev–Trinajstić information content (AvgIpc) is 3.00. The van der Waals surface area contributed by atoms with Gasteiger partial charge in [-0.3, -0.25) is 10.1 Å². The van der Waals surface area contributed by atoms with Crippen molar-refractivity contribution < 1.29 is 8.42 Å². The summed E-state index contributed by atoms with van der Waals surface area (Å²) < 4.78 is 24.0. The number of aromatic nitrogens is 3. The predicted molar refractivity (Wildman–Crippen MR) is 113 cm³/mol. The quantitative estimate of drug-likeness (QED) is 0.563. The minimum absolute atomic E-state index is 0.139. The molecule has 0 bridgehead atoms. The van der Waals surface area contributed by atoms with Gasteiger partial charge in [0.15, 0.2) is 9.84 Å². The first-order valence-electron chi connectivity index (χ1n) is 9.18. The van der Waals surface area contributed by atoms with Crippen molar-refractivity contribution in [3.63, 3.8) is 0 Å². The average molecular weight is 434 g/mol. The molecule has 1 aliphatic rings. The van der Waals surface area contributed by atoms with Crippen LogP contribution in [0, 0.1) is 0 Å². The van der Waals surface area contributed by atoms with Crippen LogP contribution in [0.4, 0.5) is 5.95 Å². The molecule has 3 heterocycles. The first-order chi connectivity index (χ1) is 13.8. The number of halogens is 1. The normalized spacial score (nSPS) is 19.3. The first kappa shape index (κ1) is 19.8. The van der Waals surface area contributed by atoms with Gasteiger partial charge in [-0.25, -0.2) is 18.4 Å². The lowest BCUT2D eigenvalue weighted by Gasteiger charge is -2.15. The van der Waals surface area contributed by atoms with Gasteiger partial charge in [-0.15, -0.1) is 0 Å².